The molecule has 0 heteroatoms. The molecule has 0 aliphatic carbocycles. The van der Waals surface area contributed by atoms with Gasteiger partial charge in [-0.25, -0.2) is 0 Å². The molecule has 0 N–H and O–H groups in total. The van der Waals surface area contributed by atoms with Gasteiger partial charge in [-0.1, -0.05) is 62.7 Å². The fourth-order valence-corrected chi connectivity index (χ4v) is 2.39. The van der Waals surface area contributed by atoms with E-state index in [1.54, 1.807) is 0 Å². The third kappa shape index (κ3) is 2.78. The van der Waals surface area contributed by atoms with Crippen LogP contribution >= 0.6 is 0 Å². The molecule has 0 spiro atoms. The lowest BCUT2D eigenvalue weighted by Gasteiger charge is -2.05. The molecule has 0 aromatic heterocycles. The Kier molecular flexibility index (Phi) is 4.21. The Bertz CT molecular complexity index is 693. The van der Waals surface area contributed by atoms with Gasteiger partial charge in [-0.2, -0.15) is 0 Å². The van der Waals surface area contributed by atoms with Gasteiger partial charge in [0.25, 0.3) is 0 Å². The molecule has 0 fully saturated rings. The molecule has 0 atom stereocenters. The van der Waals surface area contributed by atoms with Crippen molar-refractivity contribution in [3.05, 3.63) is 59.7 Å². The number of fused-ring (bicyclic) bond motifs is 2. The Hall–Kier alpha value is -1.82. The van der Waals surface area contributed by atoms with Gasteiger partial charge in [-0.15, -0.1) is 0 Å². The van der Waals surface area contributed by atoms with E-state index in [4.69, 9.17) is 0 Å². The van der Waals surface area contributed by atoms with E-state index in [2.05, 4.69) is 62.4 Å². The first-order valence-electron chi connectivity index (χ1n) is 7.19. The zero-order valence-electron chi connectivity index (χ0n) is 12.3. The average molecular weight is 250 g/mol. The zero-order chi connectivity index (χ0) is 13.8. The first-order chi connectivity index (χ1) is 9.26. The highest BCUT2D eigenvalue weighted by Gasteiger charge is 1.99. The largest absolute Gasteiger partial charge is 0.0683 e. The minimum atomic E-state index is 1.10. The van der Waals surface area contributed by atoms with Gasteiger partial charge in [-0.3, -0.25) is 0 Å². The van der Waals surface area contributed by atoms with Crippen LogP contribution in [0.5, 0.6) is 0 Å². The summed E-state index contributed by atoms with van der Waals surface area (Å²) in [4.78, 5) is 0. The van der Waals surface area contributed by atoms with E-state index in [0.717, 1.165) is 6.42 Å². The van der Waals surface area contributed by atoms with E-state index >= 15 is 0 Å². The molecule has 0 aliphatic heterocycles. The molecule has 0 heterocycles. The standard InChI is InChI=1S/C17H16.C2H6/c1-3-13-5-7-15-10-14-6-4-12(2)8-16(14)11-17(15)9-13;1-2/h4-11H,3H2,1-2H3;1-2H3. The summed E-state index contributed by atoms with van der Waals surface area (Å²) in [6.07, 6.45) is 1.10. The summed E-state index contributed by atoms with van der Waals surface area (Å²) in [6.45, 7) is 8.35. The van der Waals surface area contributed by atoms with Gasteiger partial charge in [0.15, 0.2) is 0 Å². The number of rotatable bonds is 1. The topological polar surface area (TPSA) is 0 Å². The van der Waals surface area contributed by atoms with Crippen LogP contribution in [0.15, 0.2) is 48.5 Å². The minimum Gasteiger partial charge on any atom is -0.0683 e. The summed E-state index contributed by atoms with van der Waals surface area (Å²) in [5.41, 5.74) is 2.73. The number of hydrogen-bond donors (Lipinski definition) is 0. The van der Waals surface area contributed by atoms with E-state index in [9.17, 15) is 0 Å². The molecule has 0 aliphatic rings. The fourth-order valence-electron chi connectivity index (χ4n) is 2.39. The predicted molar refractivity (Wildman–Crippen MR) is 86.9 cm³/mol. The number of hydrogen-bond acceptors (Lipinski definition) is 0. The third-order valence-corrected chi connectivity index (χ3v) is 3.42. The smallest absolute Gasteiger partial charge is 0.0175 e. The van der Waals surface area contributed by atoms with Crippen LogP contribution in [-0.4, -0.2) is 0 Å². The third-order valence-electron chi connectivity index (χ3n) is 3.42. The van der Waals surface area contributed by atoms with Crippen molar-refractivity contribution in [1.29, 1.82) is 0 Å². The molecular formula is C19H22. The van der Waals surface area contributed by atoms with Crippen molar-refractivity contribution < 1.29 is 0 Å². The Morgan fingerprint density at radius 3 is 1.95 bits per heavy atom. The SMILES string of the molecule is CC.CCc1ccc2cc3ccc(C)cc3cc2c1. The van der Waals surface area contributed by atoms with E-state index in [1.165, 1.54) is 32.7 Å². The zero-order valence-corrected chi connectivity index (χ0v) is 12.3. The van der Waals surface area contributed by atoms with Crippen LogP contribution in [0, 0.1) is 6.92 Å². The Morgan fingerprint density at radius 1 is 0.684 bits per heavy atom. The van der Waals surface area contributed by atoms with Crippen molar-refractivity contribution in [1.82, 2.24) is 0 Å². The normalized spacial score (nSPS) is 10.3. The second kappa shape index (κ2) is 5.88. The first-order valence-corrected chi connectivity index (χ1v) is 7.19. The molecule has 0 bridgehead atoms. The second-order valence-electron chi connectivity index (χ2n) is 4.74. The van der Waals surface area contributed by atoms with E-state index in [1.807, 2.05) is 13.8 Å². The average Bonchev–Trinajstić information content (AvgIpc) is 2.46. The van der Waals surface area contributed by atoms with E-state index in [0.29, 0.717) is 0 Å². The maximum atomic E-state index is 2.30. The van der Waals surface area contributed by atoms with Crippen molar-refractivity contribution in [2.75, 3.05) is 0 Å². The van der Waals surface area contributed by atoms with Gasteiger partial charge in [0, 0.05) is 0 Å². The highest BCUT2D eigenvalue weighted by Crippen LogP contribution is 2.24. The maximum Gasteiger partial charge on any atom is -0.0175 e. The van der Waals surface area contributed by atoms with Gasteiger partial charge >= 0.3 is 0 Å². The molecule has 98 valence electrons. The molecule has 3 rings (SSSR count). The monoisotopic (exact) mass is 250 g/mol. The molecule has 0 radical (unpaired) electrons. The Labute approximate surface area is 116 Å². The first kappa shape index (κ1) is 13.6. The summed E-state index contributed by atoms with van der Waals surface area (Å²) in [6, 6.07) is 18.0. The lowest BCUT2D eigenvalue weighted by Crippen LogP contribution is -1.82. The van der Waals surface area contributed by atoms with Gasteiger partial charge in [0.1, 0.15) is 0 Å². The molecule has 3 aromatic rings. The van der Waals surface area contributed by atoms with E-state index < -0.39 is 0 Å². The molecular weight excluding hydrogens is 228 g/mol. The molecule has 0 nitrogen and oxygen atoms in total. The minimum absolute atomic E-state index is 1.10. The van der Waals surface area contributed by atoms with Crippen LogP contribution in [0.25, 0.3) is 21.5 Å². The predicted octanol–water partition coefficient (Wildman–Crippen LogP) is 5.89. The van der Waals surface area contributed by atoms with Crippen LogP contribution in [0.3, 0.4) is 0 Å². The van der Waals surface area contributed by atoms with Crippen LogP contribution in [-0.2, 0) is 6.42 Å². The molecule has 0 saturated carbocycles. The van der Waals surface area contributed by atoms with Gasteiger partial charge < -0.3 is 0 Å². The fraction of sp³-hybridized carbons (Fsp3) is 0.263. The van der Waals surface area contributed by atoms with Crippen LogP contribution in [0.2, 0.25) is 0 Å². The summed E-state index contributed by atoms with van der Waals surface area (Å²) in [5, 5.41) is 5.35. The van der Waals surface area contributed by atoms with E-state index in [-0.39, 0.29) is 0 Å². The quantitative estimate of drug-likeness (QED) is 0.472. The lowest BCUT2D eigenvalue weighted by atomic mass is 10.00. The van der Waals surface area contributed by atoms with Crippen LogP contribution < -0.4 is 0 Å². The van der Waals surface area contributed by atoms with Gasteiger partial charge in [0.05, 0.1) is 0 Å². The van der Waals surface area contributed by atoms with Crippen LogP contribution in [0.4, 0.5) is 0 Å². The van der Waals surface area contributed by atoms with Crippen molar-refractivity contribution in [2.24, 2.45) is 0 Å². The Balaban J connectivity index is 0.000000637. The maximum absolute atomic E-state index is 2.30. The van der Waals surface area contributed by atoms with Crippen LogP contribution in [0.1, 0.15) is 31.9 Å². The van der Waals surface area contributed by atoms with Crippen molar-refractivity contribution in [2.45, 2.75) is 34.1 Å². The number of aryl methyl sites for hydroxylation is 2. The Morgan fingerprint density at radius 2 is 1.26 bits per heavy atom. The van der Waals surface area contributed by atoms with Crippen molar-refractivity contribution in [3.63, 3.8) is 0 Å². The van der Waals surface area contributed by atoms with Gasteiger partial charge in [0.2, 0.25) is 0 Å². The molecule has 0 unspecified atom stereocenters. The lowest BCUT2D eigenvalue weighted by molar-refractivity contribution is 1.15. The summed E-state index contributed by atoms with van der Waals surface area (Å²) < 4.78 is 0. The van der Waals surface area contributed by atoms with Crippen molar-refractivity contribution >= 4 is 21.5 Å². The summed E-state index contributed by atoms with van der Waals surface area (Å²) in [7, 11) is 0. The molecule has 19 heavy (non-hydrogen) atoms. The number of benzene rings is 3. The summed E-state index contributed by atoms with van der Waals surface area (Å²) >= 11 is 0. The van der Waals surface area contributed by atoms with Gasteiger partial charge in [-0.05, 0) is 52.6 Å². The highest BCUT2D eigenvalue weighted by atomic mass is 14.0. The molecule has 3 aromatic carbocycles. The summed E-state index contributed by atoms with van der Waals surface area (Å²) in [5.74, 6) is 0. The van der Waals surface area contributed by atoms with Crippen molar-refractivity contribution in [3.8, 4) is 0 Å². The second-order valence-corrected chi connectivity index (χ2v) is 4.74. The molecule has 0 saturated heterocycles. The highest BCUT2D eigenvalue weighted by molar-refractivity contribution is 5.98. The molecule has 0 amide bonds.